The largest absolute Gasteiger partial charge is 0.372 e. The molecule has 1 atom stereocenters. The predicted molar refractivity (Wildman–Crippen MR) is 86.0 cm³/mol. The molecule has 0 saturated heterocycles. The van der Waals surface area contributed by atoms with E-state index in [2.05, 4.69) is 3.77 Å². The van der Waals surface area contributed by atoms with Crippen molar-refractivity contribution in [3.05, 3.63) is 59.2 Å². The van der Waals surface area contributed by atoms with Crippen LogP contribution in [0.5, 0.6) is 0 Å². The maximum absolute atomic E-state index is 13.1. The van der Waals surface area contributed by atoms with Crippen LogP contribution in [-0.2, 0) is 44.1 Å². The van der Waals surface area contributed by atoms with Gasteiger partial charge in [0, 0.05) is 5.75 Å². The molecule has 0 N–H and O–H groups in total. The van der Waals surface area contributed by atoms with Crippen molar-refractivity contribution in [3.63, 3.8) is 0 Å². The van der Waals surface area contributed by atoms with Crippen LogP contribution in [0.2, 0.25) is 0 Å². The van der Waals surface area contributed by atoms with Crippen molar-refractivity contribution in [3.8, 4) is 0 Å². The standard InChI is InChI=1S/C16H15NO4S2/c18-22(8-7-12-3-1-2-4-16(12)22)17-23(19,20)15-6-5-13-10-21-11-14(13)9-15/h1-6,9H,7-8,10-11H2. The molecule has 0 aromatic heterocycles. The van der Waals surface area contributed by atoms with E-state index < -0.39 is 19.8 Å². The number of aryl methyl sites for hydroxylation is 1. The zero-order valence-corrected chi connectivity index (χ0v) is 13.9. The van der Waals surface area contributed by atoms with Crippen LogP contribution in [0, 0.1) is 0 Å². The third-order valence-electron chi connectivity index (χ3n) is 4.17. The van der Waals surface area contributed by atoms with Gasteiger partial charge in [-0.25, -0.2) is 4.21 Å². The SMILES string of the molecule is O=S(=O)(N=S1(=O)CCc2ccccc21)c1ccc2c(c1)COC2. The van der Waals surface area contributed by atoms with Gasteiger partial charge < -0.3 is 4.74 Å². The van der Waals surface area contributed by atoms with E-state index in [4.69, 9.17) is 4.74 Å². The lowest BCUT2D eigenvalue weighted by molar-refractivity contribution is 0.134. The van der Waals surface area contributed by atoms with Gasteiger partial charge in [0.2, 0.25) is 0 Å². The van der Waals surface area contributed by atoms with Gasteiger partial charge in [-0.05, 0) is 41.3 Å². The molecule has 2 heterocycles. The normalized spacial score (nSPS) is 22.6. The summed E-state index contributed by atoms with van der Waals surface area (Å²) in [6.07, 6.45) is 0.589. The highest BCUT2D eigenvalue weighted by Gasteiger charge is 2.28. The fourth-order valence-electron chi connectivity index (χ4n) is 2.97. The van der Waals surface area contributed by atoms with Crippen LogP contribution in [0.15, 0.2) is 56.0 Å². The molecule has 2 aromatic rings. The van der Waals surface area contributed by atoms with Gasteiger partial charge in [-0.2, -0.15) is 8.42 Å². The van der Waals surface area contributed by atoms with Gasteiger partial charge in [-0.15, -0.1) is 3.77 Å². The van der Waals surface area contributed by atoms with E-state index >= 15 is 0 Å². The van der Waals surface area contributed by atoms with Gasteiger partial charge in [0.05, 0.1) is 32.7 Å². The van der Waals surface area contributed by atoms with Crippen LogP contribution in [0.1, 0.15) is 16.7 Å². The van der Waals surface area contributed by atoms with Crippen molar-refractivity contribution in [2.45, 2.75) is 29.4 Å². The topological polar surface area (TPSA) is 72.8 Å². The van der Waals surface area contributed by atoms with Crippen LogP contribution >= 0.6 is 0 Å². The van der Waals surface area contributed by atoms with E-state index in [1.165, 1.54) is 6.07 Å². The van der Waals surface area contributed by atoms with E-state index in [-0.39, 0.29) is 10.6 Å². The van der Waals surface area contributed by atoms with Gasteiger partial charge >= 0.3 is 0 Å². The molecule has 0 saturated carbocycles. The highest BCUT2D eigenvalue weighted by Crippen LogP contribution is 2.30. The maximum Gasteiger partial charge on any atom is 0.290 e. The Labute approximate surface area is 135 Å². The molecule has 23 heavy (non-hydrogen) atoms. The number of hydrogen-bond donors (Lipinski definition) is 0. The van der Waals surface area contributed by atoms with E-state index in [1.807, 2.05) is 12.1 Å². The molecule has 0 radical (unpaired) electrons. The number of nitrogens with zero attached hydrogens (tertiary/aromatic N) is 1. The van der Waals surface area contributed by atoms with Crippen molar-refractivity contribution in [1.29, 1.82) is 0 Å². The van der Waals surface area contributed by atoms with Gasteiger partial charge in [-0.3, -0.25) is 0 Å². The van der Waals surface area contributed by atoms with Crippen LogP contribution in [0.3, 0.4) is 0 Å². The van der Waals surface area contributed by atoms with Crippen molar-refractivity contribution in [2.75, 3.05) is 5.75 Å². The predicted octanol–water partition coefficient (Wildman–Crippen LogP) is 2.49. The quantitative estimate of drug-likeness (QED) is 0.835. The van der Waals surface area contributed by atoms with Crippen molar-refractivity contribution in [2.24, 2.45) is 3.77 Å². The molecule has 2 aliphatic rings. The van der Waals surface area contributed by atoms with Gasteiger partial charge in [0.25, 0.3) is 10.0 Å². The lowest BCUT2D eigenvalue weighted by Crippen LogP contribution is -2.06. The summed E-state index contributed by atoms with van der Waals surface area (Å²) in [6, 6.07) is 12.0. The third kappa shape index (κ3) is 2.49. The summed E-state index contributed by atoms with van der Waals surface area (Å²) in [6.45, 7) is 0.897. The fourth-order valence-corrected chi connectivity index (χ4v) is 7.32. The molecular formula is C16H15NO4S2. The van der Waals surface area contributed by atoms with E-state index in [1.54, 1.807) is 24.3 Å². The lowest BCUT2D eigenvalue weighted by atomic mass is 10.1. The second-order valence-corrected chi connectivity index (χ2v) is 9.82. The van der Waals surface area contributed by atoms with Crippen LogP contribution in [0.4, 0.5) is 0 Å². The summed E-state index contributed by atoms with van der Waals surface area (Å²) in [4.78, 5) is 0.627. The average molecular weight is 349 g/mol. The molecule has 5 nitrogen and oxygen atoms in total. The first-order chi connectivity index (χ1) is 11.0. The molecule has 4 rings (SSSR count). The number of ether oxygens (including phenoxy) is 1. The molecular weight excluding hydrogens is 334 g/mol. The van der Waals surface area contributed by atoms with E-state index in [9.17, 15) is 12.6 Å². The summed E-state index contributed by atoms with van der Waals surface area (Å²) < 4.78 is 47.4. The second kappa shape index (κ2) is 5.15. The maximum atomic E-state index is 13.1. The zero-order chi connectivity index (χ0) is 16.1. The molecule has 0 amide bonds. The van der Waals surface area contributed by atoms with E-state index in [0.717, 1.165) is 16.7 Å². The minimum atomic E-state index is -3.97. The van der Waals surface area contributed by atoms with Gasteiger partial charge in [0.15, 0.2) is 0 Å². The summed E-state index contributed by atoms with van der Waals surface area (Å²) >= 11 is 0. The van der Waals surface area contributed by atoms with Gasteiger partial charge in [-0.1, -0.05) is 24.3 Å². The fraction of sp³-hybridized carbons (Fsp3) is 0.250. The van der Waals surface area contributed by atoms with Crippen molar-refractivity contribution in [1.82, 2.24) is 0 Å². The Morgan fingerprint density at radius 3 is 2.65 bits per heavy atom. The molecule has 120 valence electrons. The summed E-state index contributed by atoms with van der Waals surface area (Å²) in [7, 11) is -6.90. The highest BCUT2D eigenvalue weighted by molar-refractivity contribution is 8.03. The third-order valence-corrected chi connectivity index (χ3v) is 8.61. The number of hydrogen-bond acceptors (Lipinski definition) is 4. The molecule has 0 bridgehead atoms. The average Bonchev–Trinajstić information content (AvgIpc) is 3.12. The Bertz CT molecular complexity index is 1020. The van der Waals surface area contributed by atoms with Crippen LogP contribution in [0.25, 0.3) is 0 Å². The van der Waals surface area contributed by atoms with E-state index in [0.29, 0.717) is 24.5 Å². The molecule has 2 aliphatic heterocycles. The lowest BCUT2D eigenvalue weighted by Gasteiger charge is -2.06. The first kappa shape index (κ1) is 14.9. The smallest absolute Gasteiger partial charge is 0.290 e. The summed E-state index contributed by atoms with van der Waals surface area (Å²) in [5, 5.41) is 0. The Kier molecular flexibility index (Phi) is 3.33. The first-order valence-corrected chi connectivity index (χ1v) is 10.4. The zero-order valence-electron chi connectivity index (χ0n) is 12.3. The molecule has 0 fully saturated rings. The molecule has 2 aromatic carbocycles. The molecule has 7 heteroatoms. The Hall–Kier alpha value is -1.70. The Morgan fingerprint density at radius 2 is 1.78 bits per heavy atom. The first-order valence-electron chi connectivity index (χ1n) is 7.27. The number of sulfonamides is 1. The van der Waals surface area contributed by atoms with Gasteiger partial charge in [0.1, 0.15) is 0 Å². The summed E-state index contributed by atoms with van der Waals surface area (Å²) in [5.41, 5.74) is 2.75. The molecule has 1 unspecified atom stereocenters. The number of benzene rings is 2. The Morgan fingerprint density at radius 1 is 1.00 bits per heavy atom. The minimum Gasteiger partial charge on any atom is -0.372 e. The second-order valence-electron chi connectivity index (χ2n) is 5.68. The molecule has 0 aliphatic carbocycles. The number of rotatable bonds is 2. The van der Waals surface area contributed by atoms with Crippen molar-refractivity contribution < 1.29 is 17.4 Å². The van der Waals surface area contributed by atoms with Crippen LogP contribution in [-0.4, -0.2) is 18.4 Å². The summed E-state index contributed by atoms with van der Waals surface area (Å²) in [5.74, 6) is 0.250. The minimum absolute atomic E-state index is 0.0776. The highest BCUT2D eigenvalue weighted by atomic mass is 32.3. The van der Waals surface area contributed by atoms with Crippen LogP contribution < -0.4 is 0 Å². The number of fused-ring (bicyclic) bond motifs is 2. The molecule has 0 spiro atoms. The monoisotopic (exact) mass is 349 g/mol. The van der Waals surface area contributed by atoms with Crippen molar-refractivity contribution >= 4 is 19.8 Å². The Balaban J connectivity index is 1.83.